The van der Waals surface area contributed by atoms with Crippen LogP contribution in [0.2, 0.25) is 0 Å². The molecule has 0 saturated carbocycles. The van der Waals surface area contributed by atoms with Crippen LogP contribution in [-0.2, 0) is 14.4 Å². The Bertz CT molecular complexity index is 1280. The van der Waals surface area contributed by atoms with Gasteiger partial charge in [-0.3, -0.25) is 14.4 Å². The summed E-state index contributed by atoms with van der Waals surface area (Å²) in [6.07, 6.45) is -0.525. The van der Waals surface area contributed by atoms with Gasteiger partial charge in [-0.1, -0.05) is 36.4 Å². The molecule has 0 saturated heterocycles. The van der Waals surface area contributed by atoms with Crippen molar-refractivity contribution in [3.8, 4) is 5.75 Å². The lowest BCUT2D eigenvalue weighted by Gasteiger charge is -2.32. The van der Waals surface area contributed by atoms with Crippen LogP contribution in [0.3, 0.4) is 0 Å². The van der Waals surface area contributed by atoms with E-state index in [4.69, 9.17) is 4.74 Å². The number of hydrogen-bond acceptors (Lipinski definition) is 5. The van der Waals surface area contributed by atoms with Crippen molar-refractivity contribution in [2.24, 2.45) is 0 Å². The summed E-state index contributed by atoms with van der Waals surface area (Å²) in [4.78, 5) is 54.6. The standard InChI is InChI=1S/C30H34N4O6/c1-21(2)34(24-14-16-25(40-3)17-15-24)27(35)20-33(23-12-8-5-9-13-23)29(38)26(18-19-28(36)37)32-30(39)31-22-10-6-4-7-11-22/h4-17,21,26H,18-20H2,1-3H3,(H,36,37)(H2,31,32,39)/t26-/m0/s1. The molecule has 3 aromatic carbocycles. The summed E-state index contributed by atoms with van der Waals surface area (Å²) in [6.45, 7) is 3.39. The summed E-state index contributed by atoms with van der Waals surface area (Å²) in [5.74, 6) is -1.44. The van der Waals surface area contributed by atoms with Crippen molar-refractivity contribution in [2.45, 2.75) is 38.8 Å². The molecule has 0 aliphatic heterocycles. The number of rotatable bonds is 12. The highest BCUT2D eigenvalue weighted by molar-refractivity contribution is 6.07. The maximum Gasteiger partial charge on any atom is 0.319 e. The lowest BCUT2D eigenvalue weighted by Crippen LogP contribution is -2.53. The molecule has 0 unspecified atom stereocenters. The number of anilines is 3. The Morgan fingerprint density at radius 3 is 2.00 bits per heavy atom. The smallest absolute Gasteiger partial charge is 0.319 e. The molecular formula is C30H34N4O6. The quantitative estimate of drug-likeness (QED) is 0.306. The molecule has 3 aromatic rings. The maximum atomic E-state index is 13.9. The van der Waals surface area contributed by atoms with Gasteiger partial charge in [0.15, 0.2) is 0 Å². The molecule has 10 heteroatoms. The molecule has 1 atom stereocenters. The molecule has 210 valence electrons. The fourth-order valence-electron chi connectivity index (χ4n) is 4.15. The fourth-order valence-corrected chi connectivity index (χ4v) is 4.15. The van der Waals surface area contributed by atoms with E-state index < -0.39 is 23.9 Å². The predicted octanol–water partition coefficient (Wildman–Crippen LogP) is 4.52. The molecule has 0 aliphatic rings. The molecule has 3 rings (SSSR count). The Morgan fingerprint density at radius 1 is 0.850 bits per heavy atom. The van der Waals surface area contributed by atoms with E-state index in [1.165, 1.54) is 4.90 Å². The third-order valence-corrected chi connectivity index (χ3v) is 6.04. The predicted molar refractivity (Wildman–Crippen MR) is 154 cm³/mol. The zero-order chi connectivity index (χ0) is 29.1. The number of para-hydroxylation sites is 2. The minimum atomic E-state index is -1.21. The number of ether oxygens (including phenoxy) is 1. The number of carbonyl (C=O) groups is 4. The number of carboxylic acids is 1. The number of nitrogens with zero attached hydrogens (tertiary/aromatic N) is 2. The summed E-state index contributed by atoms with van der Waals surface area (Å²) >= 11 is 0. The third-order valence-electron chi connectivity index (χ3n) is 6.04. The SMILES string of the molecule is COc1ccc(N(C(=O)CN(C(=O)[C@H](CCC(=O)O)NC(=O)Nc2ccccc2)c2ccccc2)C(C)C)cc1. The zero-order valence-electron chi connectivity index (χ0n) is 22.7. The minimum Gasteiger partial charge on any atom is -0.497 e. The number of hydrogen-bond donors (Lipinski definition) is 3. The Balaban J connectivity index is 1.89. The van der Waals surface area contributed by atoms with Crippen LogP contribution in [0.25, 0.3) is 0 Å². The normalized spacial score (nSPS) is 11.3. The molecule has 0 aliphatic carbocycles. The van der Waals surface area contributed by atoms with Gasteiger partial charge in [0.05, 0.1) is 7.11 Å². The second-order valence-corrected chi connectivity index (χ2v) is 9.26. The van der Waals surface area contributed by atoms with Crippen molar-refractivity contribution in [2.75, 3.05) is 28.8 Å². The van der Waals surface area contributed by atoms with Crippen LogP contribution in [-0.4, -0.2) is 54.7 Å². The molecule has 0 spiro atoms. The number of aliphatic carboxylic acids is 1. The van der Waals surface area contributed by atoms with E-state index in [1.807, 2.05) is 13.8 Å². The number of carbonyl (C=O) groups excluding carboxylic acids is 3. The number of nitrogens with one attached hydrogen (secondary N) is 2. The van der Waals surface area contributed by atoms with Crippen LogP contribution in [0.5, 0.6) is 5.75 Å². The molecule has 0 bridgehead atoms. The van der Waals surface area contributed by atoms with Crippen LogP contribution >= 0.6 is 0 Å². The summed E-state index contributed by atoms with van der Waals surface area (Å²) in [7, 11) is 1.55. The summed E-state index contributed by atoms with van der Waals surface area (Å²) in [6, 6.07) is 22.1. The molecule has 4 amide bonds. The summed E-state index contributed by atoms with van der Waals surface area (Å²) < 4.78 is 5.22. The summed E-state index contributed by atoms with van der Waals surface area (Å²) in [5, 5.41) is 14.5. The van der Waals surface area contributed by atoms with Gasteiger partial charge < -0.3 is 30.3 Å². The molecule has 10 nitrogen and oxygen atoms in total. The largest absolute Gasteiger partial charge is 0.497 e. The van der Waals surface area contributed by atoms with Crippen molar-refractivity contribution in [3.05, 3.63) is 84.9 Å². The lowest BCUT2D eigenvalue weighted by atomic mass is 10.1. The van der Waals surface area contributed by atoms with E-state index in [1.54, 1.807) is 96.9 Å². The fraction of sp³-hybridized carbons (Fsp3) is 0.267. The van der Waals surface area contributed by atoms with Crippen LogP contribution in [0.4, 0.5) is 21.9 Å². The highest BCUT2D eigenvalue weighted by Gasteiger charge is 2.31. The first-order valence-electron chi connectivity index (χ1n) is 12.9. The van der Waals surface area contributed by atoms with E-state index >= 15 is 0 Å². The maximum absolute atomic E-state index is 13.9. The Kier molecular flexibility index (Phi) is 10.6. The van der Waals surface area contributed by atoms with Gasteiger partial charge in [-0.15, -0.1) is 0 Å². The van der Waals surface area contributed by atoms with Gasteiger partial charge in [0, 0.05) is 29.5 Å². The van der Waals surface area contributed by atoms with Crippen molar-refractivity contribution in [1.29, 1.82) is 0 Å². The number of carboxylic acid groups (broad SMARTS) is 1. The van der Waals surface area contributed by atoms with Crippen LogP contribution in [0.15, 0.2) is 84.9 Å². The highest BCUT2D eigenvalue weighted by Crippen LogP contribution is 2.23. The monoisotopic (exact) mass is 546 g/mol. The molecular weight excluding hydrogens is 512 g/mol. The molecule has 40 heavy (non-hydrogen) atoms. The average Bonchev–Trinajstić information content (AvgIpc) is 2.94. The molecule has 0 fully saturated rings. The van der Waals surface area contributed by atoms with Gasteiger partial charge in [0.1, 0.15) is 18.3 Å². The first-order chi connectivity index (χ1) is 19.2. The first-order valence-corrected chi connectivity index (χ1v) is 12.9. The second-order valence-electron chi connectivity index (χ2n) is 9.26. The van der Waals surface area contributed by atoms with Gasteiger partial charge in [0.25, 0.3) is 0 Å². The minimum absolute atomic E-state index is 0.166. The van der Waals surface area contributed by atoms with E-state index in [-0.39, 0.29) is 31.3 Å². The van der Waals surface area contributed by atoms with Gasteiger partial charge in [-0.05, 0) is 68.8 Å². The number of urea groups is 1. The first kappa shape index (κ1) is 29.7. The highest BCUT2D eigenvalue weighted by atomic mass is 16.5. The number of methoxy groups -OCH3 is 1. The van der Waals surface area contributed by atoms with Gasteiger partial charge >= 0.3 is 12.0 Å². The number of amides is 4. The van der Waals surface area contributed by atoms with Crippen LogP contribution < -0.4 is 25.2 Å². The summed E-state index contributed by atoms with van der Waals surface area (Å²) in [5.41, 5.74) is 1.57. The van der Waals surface area contributed by atoms with Crippen LogP contribution in [0, 0.1) is 0 Å². The van der Waals surface area contributed by atoms with Crippen molar-refractivity contribution >= 4 is 40.9 Å². The molecule has 3 N–H and O–H groups in total. The van der Waals surface area contributed by atoms with E-state index in [0.29, 0.717) is 22.8 Å². The third kappa shape index (κ3) is 8.32. The molecule has 0 heterocycles. The van der Waals surface area contributed by atoms with E-state index in [0.717, 1.165) is 0 Å². The van der Waals surface area contributed by atoms with Crippen molar-refractivity contribution in [3.63, 3.8) is 0 Å². The van der Waals surface area contributed by atoms with Crippen molar-refractivity contribution in [1.82, 2.24) is 5.32 Å². The number of benzene rings is 3. The van der Waals surface area contributed by atoms with Crippen LogP contribution in [0.1, 0.15) is 26.7 Å². The van der Waals surface area contributed by atoms with Gasteiger partial charge in [-0.2, -0.15) is 0 Å². The average molecular weight is 547 g/mol. The topological polar surface area (TPSA) is 128 Å². The van der Waals surface area contributed by atoms with Gasteiger partial charge in [0.2, 0.25) is 11.8 Å². The molecule has 0 aromatic heterocycles. The second kappa shape index (κ2) is 14.3. The Hall–Kier alpha value is -4.86. The van der Waals surface area contributed by atoms with Crippen molar-refractivity contribution < 1.29 is 29.0 Å². The molecule has 0 radical (unpaired) electrons. The Labute approximate surface area is 233 Å². The Morgan fingerprint density at radius 2 is 1.45 bits per heavy atom. The van der Waals surface area contributed by atoms with Gasteiger partial charge in [-0.25, -0.2) is 4.79 Å². The lowest BCUT2D eigenvalue weighted by molar-refractivity contribution is -0.137. The van der Waals surface area contributed by atoms with E-state index in [9.17, 15) is 24.3 Å². The zero-order valence-corrected chi connectivity index (χ0v) is 22.7. The van der Waals surface area contributed by atoms with E-state index in [2.05, 4.69) is 10.6 Å².